The number of hydrogen-bond donors (Lipinski definition) is 1. The predicted octanol–water partition coefficient (Wildman–Crippen LogP) is 2.76. The summed E-state index contributed by atoms with van der Waals surface area (Å²) in [5, 5.41) is 12.6. The molecule has 2 aromatic rings. The first-order valence-corrected chi connectivity index (χ1v) is 10.8. The standard InChI is InChI=1S/C17H24N6O2S2/c1-5-8-23-14(11-6-7-11)20-21-17(23)26-9-12(24)19-16-18-10(2)13(27-16)15(25)22(3)4/h11H,5-9H2,1-4H3,(H,18,19,24). The quantitative estimate of drug-likeness (QED) is 0.675. The number of nitrogens with zero attached hydrogens (tertiary/aromatic N) is 5. The molecule has 1 N–H and O–H groups in total. The summed E-state index contributed by atoms with van der Waals surface area (Å²) in [5.74, 6) is 1.51. The molecule has 0 saturated heterocycles. The summed E-state index contributed by atoms with van der Waals surface area (Å²) in [7, 11) is 3.39. The van der Waals surface area contributed by atoms with Crippen molar-refractivity contribution in [3.05, 3.63) is 16.4 Å². The third-order valence-corrected chi connectivity index (χ3v) is 6.14. The van der Waals surface area contributed by atoms with E-state index in [0.717, 1.165) is 23.9 Å². The van der Waals surface area contributed by atoms with E-state index in [-0.39, 0.29) is 17.6 Å². The molecule has 27 heavy (non-hydrogen) atoms. The Hall–Kier alpha value is -1.94. The third kappa shape index (κ3) is 4.67. The maximum absolute atomic E-state index is 12.3. The minimum atomic E-state index is -0.170. The Labute approximate surface area is 166 Å². The maximum Gasteiger partial charge on any atom is 0.265 e. The number of rotatable bonds is 8. The van der Waals surface area contributed by atoms with Gasteiger partial charge in [-0.15, -0.1) is 10.2 Å². The van der Waals surface area contributed by atoms with E-state index < -0.39 is 0 Å². The van der Waals surface area contributed by atoms with E-state index in [0.29, 0.717) is 21.6 Å². The molecule has 0 atom stereocenters. The van der Waals surface area contributed by atoms with Crippen LogP contribution in [0.4, 0.5) is 5.13 Å². The van der Waals surface area contributed by atoms with Crippen molar-refractivity contribution in [2.24, 2.45) is 0 Å². The number of carbonyl (C=O) groups excluding carboxylic acids is 2. The number of aromatic nitrogens is 4. The highest BCUT2D eigenvalue weighted by Crippen LogP contribution is 2.40. The summed E-state index contributed by atoms with van der Waals surface area (Å²) in [6.07, 6.45) is 3.34. The van der Waals surface area contributed by atoms with Gasteiger partial charge in [-0.3, -0.25) is 9.59 Å². The second kappa shape index (κ2) is 8.39. The smallest absolute Gasteiger partial charge is 0.265 e. The summed E-state index contributed by atoms with van der Waals surface area (Å²) >= 11 is 2.58. The molecule has 3 rings (SSSR count). The van der Waals surface area contributed by atoms with Crippen LogP contribution in [0.1, 0.15) is 53.3 Å². The van der Waals surface area contributed by atoms with Crippen LogP contribution in [0.25, 0.3) is 0 Å². The first kappa shape index (κ1) is 19.8. The molecular formula is C17H24N6O2S2. The summed E-state index contributed by atoms with van der Waals surface area (Å²) in [4.78, 5) is 30.7. The van der Waals surface area contributed by atoms with Crippen LogP contribution in [-0.4, -0.2) is 56.3 Å². The van der Waals surface area contributed by atoms with Crippen LogP contribution in [0.15, 0.2) is 5.16 Å². The van der Waals surface area contributed by atoms with E-state index in [2.05, 4.69) is 32.0 Å². The van der Waals surface area contributed by atoms with Gasteiger partial charge in [-0.05, 0) is 26.2 Å². The van der Waals surface area contributed by atoms with Crippen LogP contribution >= 0.6 is 23.1 Å². The SMILES string of the molecule is CCCn1c(SCC(=O)Nc2nc(C)c(C(=O)N(C)C)s2)nnc1C1CC1. The zero-order valence-electron chi connectivity index (χ0n) is 16.0. The molecule has 0 radical (unpaired) electrons. The molecular weight excluding hydrogens is 384 g/mol. The second-order valence-corrected chi connectivity index (χ2v) is 8.68. The molecule has 0 spiro atoms. The van der Waals surface area contributed by atoms with Crippen LogP contribution in [0.5, 0.6) is 0 Å². The Morgan fingerprint density at radius 1 is 1.33 bits per heavy atom. The van der Waals surface area contributed by atoms with Gasteiger partial charge in [0.1, 0.15) is 10.7 Å². The molecule has 8 nitrogen and oxygen atoms in total. The maximum atomic E-state index is 12.3. The van der Waals surface area contributed by atoms with E-state index in [4.69, 9.17) is 0 Å². The Kier molecular flexibility index (Phi) is 6.15. The summed E-state index contributed by atoms with van der Waals surface area (Å²) in [6.45, 7) is 4.75. The third-order valence-electron chi connectivity index (χ3n) is 4.11. The van der Waals surface area contributed by atoms with Crippen LogP contribution in [-0.2, 0) is 11.3 Å². The van der Waals surface area contributed by atoms with Gasteiger partial charge in [0.2, 0.25) is 5.91 Å². The highest BCUT2D eigenvalue weighted by Gasteiger charge is 2.30. The summed E-state index contributed by atoms with van der Waals surface area (Å²) in [5.41, 5.74) is 0.624. The largest absolute Gasteiger partial charge is 0.344 e. The molecule has 1 aliphatic carbocycles. The lowest BCUT2D eigenvalue weighted by Crippen LogP contribution is -2.21. The number of carbonyl (C=O) groups is 2. The van der Waals surface area contributed by atoms with E-state index >= 15 is 0 Å². The highest BCUT2D eigenvalue weighted by atomic mass is 32.2. The molecule has 2 heterocycles. The van der Waals surface area contributed by atoms with Crippen molar-refractivity contribution in [2.45, 2.75) is 50.7 Å². The normalized spacial score (nSPS) is 13.6. The number of hydrogen-bond acceptors (Lipinski definition) is 7. The van der Waals surface area contributed by atoms with Crippen LogP contribution in [0, 0.1) is 6.92 Å². The Bertz CT molecular complexity index is 841. The summed E-state index contributed by atoms with van der Waals surface area (Å²) < 4.78 is 2.14. The molecule has 2 aromatic heterocycles. The second-order valence-electron chi connectivity index (χ2n) is 6.74. The molecule has 0 aromatic carbocycles. The van der Waals surface area contributed by atoms with Crippen molar-refractivity contribution in [3.8, 4) is 0 Å². The van der Waals surface area contributed by atoms with Crippen molar-refractivity contribution in [1.82, 2.24) is 24.6 Å². The fourth-order valence-corrected chi connectivity index (χ4v) is 4.40. The van der Waals surface area contributed by atoms with Gasteiger partial charge < -0.3 is 14.8 Å². The van der Waals surface area contributed by atoms with Crippen molar-refractivity contribution in [2.75, 3.05) is 25.2 Å². The van der Waals surface area contributed by atoms with Gasteiger partial charge >= 0.3 is 0 Å². The van der Waals surface area contributed by atoms with Gasteiger partial charge in [-0.2, -0.15) is 0 Å². The fourth-order valence-electron chi connectivity index (χ4n) is 2.62. The topological polar surface area (TPSA) is 93.0 Å². The van der Waals surface area contributed by atoms with Crippen LogP contribution in [0.3, 0.4) is 0 Å². The monoisotopic (exact) mass is 408 g/mol. The van der Waals surface area contributed by atoms with Crippen molar-refractivity contribution in [3.63, 3.8) is 0 Å². The minimum Gasteiger partial charge on any atom is -0.344 e. The molecule has 0 aliphatic heterocycles. The van der Waals surface area contributed by atoms with Gasteiger partial charge in [0.15, 0.2) is 10.3 Å². The fraction of sp³-hybridized carbons (Fsp3) is 0.588. The predicted molar refractivity (Wildman–Crippen MR) is 107 cm³/mol. The van der Waals surface area contributed by atoms with E-state index in [1.165, 1.54) is 40.8 Å². The first-order valence-electron chi connectivity index (χ1n) is 8.95. The Balaban J connectivity index is 1.61. The van der Waals surface area contributed by atoms with Gasteiger partial charge in [0, 0.05) is 26.6 Å². The van der Waals surface area contributed by atoms with Crippen LogP contribution in [0.2, 0.25) is 0 Å². The van der Waals surface area contributed by atoms with Crippen LogP contribution < -0.4 is 5.32 Å². The molecule has 1 saturated carbocycles. The Morgan fingerprint density at radius 3 is 2.70 bits per heavy atom. The van der Waals surface area contributed by atoms with Gasteiger partial charge in [-0.1, -0.05) is 30.0 Å². The first-order chi connectivity index (χ1) is 12.9. The lowest BCUT2D eigenvalue weighted by atomic mass is 10.3. The lowest BCUT2D eigenvalue weighted by Gasteiger charge is -2.08. The van der Waals surface area contributed by atoms with Gasteiger partial charge in [0.05, 0.1) is 11.4 Å². The van der Waals surface area contributed by atoms with E-state index in [1.807, 2.05) is 0 Å². The Morgan fingerprint density at radius 2 is 2.07 bits per heavy atom. The van der Waals surface area contributed by atoms with Crippen molar-refractivity contribution >= 4 is 40.0 Å². The lowest BCUT2D eigenvalue weighted by molar-refractivity contribution is -0.113. The average Bonchev–Trinajstić information content (AvgIpc) is 3.29. The highest BCUT2D eigenvalue weighted by molar-refractivity contribution is 7.99. The minimum absolute atomic E-state index is 0.111. The summed E-state index contributed by atoms with van der Waals surface area (Å²) in [6, 6.07) is 0. The zero-order chi connectivity index (χ0) is 19.6. The molecule has 10 heteroatoms. The molecule has 0 bridgehead atoms. The molecule has 1 aliphatic rings. The molecule has 0 unspecified atom stereocenters. The zero-order valence-corrected chi connectivity index (χ0v) is 17.6. The van der Waals surface area contributed by atoms with Gasteiger partial charge in [-0.25, -0.2) is 4.98 Å². The molecule has 2 amide bonds. The van der Waals surface area contributed by atoms with E-state index in [9.17, 15) is 9.59 Å². The number of anilines is 1. The number of thioether (sulfide) groups is 1. The van der Waals surface area contributed by atoms with Crippen molar-refractivity contribution in [1.29, 1.82) is 0 Å². The number of aryl methyl sites for hydroxylation is 1. The van der Waals surface area contributed by atoms with E-state index in [1.54, 1.807) is 21.0 Å². The molecule has 146 valence electrons. The van der Waals surface area contributed by atoms with Crippen molar-refractivity contribution < 1.29 is 9.59 Å². The number of amides is 2. The number of thiazole rings is 1. The number of nitrogens with one attached hydrogen (secondary N) is 1. The average molecular weight is 409 g/mol. The van der Waals surface area contributed by atoms with Gasteiger partial charge in [0.25, 0.3) is 5.91 Å². The molecule has 1 fully saturated rings.